The summed E-state index contributed by atoms with van der Waals surface area (Å²) >= 11 is 0. The van der Waals surface area contributed by atoms with E-state index in [1.54, 1.807) is 4.90 Å². The van der Waals surface area contributed by atoms with Crippen LogP contribution in [0.25, 0.3) is 0 Å². The minimum Gasteiger partial charge on any atom is -0.326 e. The Kier molecular flexibility index (Phi) is 3.88. The van der Waals surface area contributed by atoms with Crippen molar-refractivity contribution < 1.29 is 9.59 Å². The molecule has 0 aliphatic carbocycles. The second-order valence-corrected chi connectivity index (χ2v) is 5.30. The van der Waals surface area contributed by atoms with Gasteiger partial charge in [-0.05, 0) is 36.6 Å². The van der Waals surface area contributed by atoms with Gasteiger partial charge in [0, 0.05) is 24.3 Å². The van der Waals surface area contributed by atoms with E-state index in [4.69, 9.17) is 0 Å². The largest absolute Gasteiger partial charge is 0.326 e. The van der Waals surface area contributed by atoms with E-state index in [9.17, 15) is 9.59 Å². The minimum atomic E-state index is 0.0200. The Morgan fingerprint density at radius 1 is 1.42 bits per heavy atom. The fourth-order valence-corrected chi connectivity index (χ4v) is 2.39. The highest BCUT2D eigenvalue weighted by Crippen LogP contribution is 2.31. The van der Waals surface area contributed by atoms with Gasteiger partial charge in [-0.3, -0.25) is 9.59 Å². The van der Waals surface area contributed by atoms with Crippen molar-refractivity contribution in [3.63, 3.8) is 0 Å². The van der Waals surface area contributed by atoms with Gasteiger partial charge in [-0.25, -0.2) is 0 Å². The predicted molar refractivity (Wildman–Crippen MR) is 76.3 cm³/mol. The maximum atomic E-state index is 11.8. The average Bonchev–Trinajstić information content (AvgIpc) is 2.62. The van der Waals surface area contributed by atoms with E-state index in [2.05, 4.69) is 5.32 Å². The summed E-state index contributed by atoms with van der Waals surface area (Å²) in [5.41, 5.74) is 2.73. The van der Waals surface area contributed by atoms with Crippen LogP contribution >= 0.6 is 0 Å². The van der Waals surface area contributed by atoms with Crippen molar-refractivity contribution in [3.8, 4) is 0 Å². The second-order valence-electron chi connectivity index (χ2n) is 5.30. The quantitative estimate of drug-likeness (QED) is 0.904. The van der Waals surface area contributed by atoms with Gasteiger partial charge in [-0.15, -0.1) is 0 Å². The molecule has 1 heterocycles. The summed E-state index contributed by atoms with van der Waals surface area (Å²) in [6.07, 6.45) is 0.939. The number of amides is 2. The number of likely N-dealkylation sites (N-methyl/N-ethyl adjacent to an activating group) is 1. The number of hydrogen-bond acceptors (Lipinski definition) is 2. The Morgan fingerprint density at radius 3 is 2.79 bits per heavy atom. The van der Waals surface area contributed by atoms with Gasteiger partial charge in [-0.1, -0.05) is 13.8 Å². The number of anilines is 2. The molecule has 2 rings (SSSR count). The molecule has 0 unspecified atom stereocenters. The third-order valence-electron chi connectivity index (χ3n) is 3.21. The van der Waals surface area contributed by atoms with Gasteiger partial charge in [0.25, 0.3) is 0 Å². The number of rotatable bonds is 4. The molecule has 2 amide bonds. The first-order valence-electron chi connectivity index (χ1n) is 6.74. The van der Waals surface area contributed by atoms with Crippen LogP contribution in [0.5, 0.6) is 0 Å². The number of carbonyl (C=O) groups excluding carboxylic acids is 2. The molecule has 1 aromatic rings. The average molecular weight is 260 g/mol. The molecule has 0 saturated carbocycles. The molecule has 1 aromatic carbocycles. The van der Waals surface area contributed by atoms with Crippen LogP contribution in [0.15, 0.2) is 18.2 Å². The molecule has 0 atom stereocenters. The smallest absolute Gasteiger partial charge is 0.231 e. The van der Waals surface area contributed by atoms with E-state index < -0.39 is 0 Å². The number of hydrogen-bond donors (Lipinski definition) is 1. The Balaban J connectivity index is 2.13. The normalized spacial score (nSPS) is 13.9. The topological polar surface area (TPSA) is 49.4 Å². The van der Waals surface area contributed by atoms with Crippen molar-refractivity contribution in [3.05, 3.63) is 23.8 Å². The van der Waals surface area contributed by atoms with Crippen LogP contribution in [0.4, 0.5) is 11.4 Å². The summed E-state index contributed by atoms with van der Waals surface area (Å²) in [5.74, 6) is 0.487. The first-order valence-corrected chi connectivity index (χ1v) is 6.74. The summed E-state index contributed by atoms with van der Waals surface area (Å²) in [7, 11) is 0. The molecule has 0 saturated heterocycles. The lowest BCUT2D eigenvalue weighted by Gasteiger charge is -2.15. The van der Waals surface area contributed by atoms with Gasteiger partial charge in [-0.2, -0.15) is 0 Å². The fraction of sp³-hybridized carbons (Fsp3) is 0.467. The Labute approximate surface area is 113 Å². The highest BCUT2D eigenvalue weighted by Gasteiger charge is 2.25. The molecule has 0 fully saturated rings. The summed E-state index contributed by atoms with van der Waals surface area (Å²) in [4.78, 5) is 25.3. The van der Waals surface area contributed by atoms with Crippen molar-refractivity contribution in [1.82, 2.24) is 0 Å². The lowest BCUT2D eigenvalue weighted by Crippen LogP contribution is -2.25. The van der Waals surface area contributed by atoms with Crippen LogP contribution in [0.1, 0.15) is 32.8 Å². The molecule has 1 aliphatic heterocycles. The summed E-state index contributed by atoms with van der Waals surface area (Å²) in [6, 6.07) is 5.67. The lowest BCUT2D eigenvalue weighted by atomic mass is 10.1. The van der Waals surface area contributed by atoms with Crippen LogP contribution in [0.3, 0.4) is 0 Å². The molecule has 0 radical (unpaired) electrons. The highest BCUT2D eigenvalue weighted by atomic mass is 16.2. The predicted octanol–water partition coefficient (Wildman–Crippen LogP) is 2.58. The number of nitrogens with zero attached hydrogens (tertiary/aromatic N) is 1. The van der Waals surface area contributed by atoms with E-state index in [-0.39, 0.29) is 11.8 Å². The van der Waals surface area contributed by atoms with Crippen LogP contribution in [-0.4, -0.2) is 18.4 Å². The zero-order chi connectivity index (χ0) is 14.0. The van der Waals surface area contributed by atoms with E-state index in [0.717, 1.165) is 16.9 Å². The Hall–Kier alpha value is -1.84. The van der Waals surface area contributed by atoms with Gasteiger partial charge < -0.3 is 10.2 Å². The fourth-order valence-electron chi connectivity index (χ4n) is 2.39. The SMILES string of the molecule is CCN1C(=O)Cc2cc(NC(=O)CC(C)C)ccc21. The second kappa shape index (κ2) is 5.43. The summed E-state index contributed by atoms with van der Waals surface area (Å²) < 4.78 is 0. The van der Waals surface area contributed by atoms with Gasteiger partial charge in [0.1, 0.15) is 0 Å². The summed E-state index contributed by atoms with van der Waals surface area (Å²) in [6.45, 7) is 6.68. The molecular weight excluding hydrogens is 240 g/mol. The van der Waals surface area contributed by atoms with Gasteiger partial charge in [0.2, 0.25) is 11.8 Å². The van der Waals surface area contributed by atoms with E-state index in [1.165, 1.54) is 0 Å². The highest BCUT2D eigenvalue weighted by molar-refractivity contribution is 6.02. The number of benzene rings is 1. The van der Waals surface area contributed by atoms with Crippen LogP contribution in [0.2, 0.25) is 0 Å². The zero-order valence-corrected chi connectivity index (χ0v) is 11.7. The Morgan fingerprint density at radius 2 is 2.16 bits per heavy atom. The minimum absolute atomic E-state index is 0.0200. The number of fused-ring (bicyclic) bond motifs is 1. The first kappa shape index (κ1) is 13.6. The molecule has 0 aromatic heterocycles. The number of carbonyl (C=O) groups is 2. The molecule has 4 nitrogen and oxygen atoms in total. The van der Waals surface area contributed by atoms with Crippen molar-refractivity contribution in [1.29, 1.82) is 0 Å². The van der Waals surface area contributed by atoms with Crippen molar-refractivity contribution in [2.75, 3.05) is 16.8 Å². The zero-order valence-electron chi connectivity index (χ0n) is 11.7. The van der Waals surface area contributed by atoms with Gasteiger partial charge in [0.15, 0.2) is 0 Å². The monoisotopic (exact) mass is 260 g/mol. The molecule has 1 N–H and O–H groups in total. The number of nitrogens with one attached hydrogen (secondary N) is 1. The standard InChI is InChI=1S/C15H20N2O2/c1-4-17-13-6-5-12(8-11(13)9-15(17)19)16-14(18)7-10(2)3/h5-6,8,10H,4,7,9H2,1-3H3,(H,16,18). The van der Waals surface area contributed by atoms with Crippen LogP contribution < -0.4 is 10.2 Å². The molecule has 19 heavy (non-hydrogen) atoms. The molecule has 0 bridgehead atoms. The van der Waals surface area contributed by atoms with Crippen molar-refractivity contribution in [2.45, 2.75) is 33.6 Å². The maximum absolute atomic E-state index is 11.8. The van der Waals surface area contributed by atoms with Crippen LogP contribution in [0, 0.1) is 5.92 Å². The van der Waals surface area contributed by atoms with Crippen molar-refractivity contribution in [2.24, 2.45) is 5.92 Å². The van der Waals surface area contributed by atoms with Crippen molar-refractivity contribution >= 4 is 23.2 Å². The molecule has 102 valence electrons. The van der Waals surface area contributed by atoms with E-state index in [0.29, 0.717) is 25.3 Å². The van der Waals surface area contributed by atoms with Gasteiger partial charge >= 0.3 is 0 Å². The summed E-state index contributed by atoms with van der Waals surface area (Å²) in [5, 5.41) is 2.88. The van der Waals surface area contributed by atoms with Crippen LogP contribution in [-0.2, 0) is 16.0 Å². The molecule has 4 heteroatoms. The third kappa shape index (κ3) is 2.95. The van der Waals surface area contributed by atoms with Gasteiger partial charge in [0.05, 0.1) is 6.42 Å². The molecular formula is C15H20N2O2. The van der Waals surface area contributed by atoms with E-state index in [1.807, 2.05) is 39.0 Å². The molecule has 0 spiro atoms. The Bertz CT molecular complexity index is 509. The maximum Gasteiger partial charge on any atom is 0.231 e. The molecule has 1 aliphatic rings. The van der Waals surface area contributed by atoms with E-state index >= 15 is 0 Å². The third-order valence-corrected chi connectivity index (χ3v) is 3.21. The lowest BCUT2D eigenvalue weighted by molar-refractivity contribution is -0.117. The first-order chi connectivity index (χ1) is 9.01.